The number of aryl methyl sites for hydroxylation is 2. The predicted molar refractivity (Wildman–Crippen MR) is 89.1 cm³/mol. The molecule has 126 valence electrons. The van der Waals surface area contributed by atoms with Gasteiger partial charge in [-0.3, -0.25) is 14.5 Å². The van der Waals surface area contributed by atoms with E-state index in [0.717, 1.165) is 17.0 Å². The van der Waals surface area contributed by atoms with Gasteiger partial charge in [0, 0.05) is 13.5 Å². The van der Waals surface area contributed by atoms with Gasteiger partial charge in [-0.1, -0.05) is 36.8 Å². The molecule has 24 heavy (non-hydrogen) atoms. The Bertz CT molecular complexity index is 794. The Morgan fingerprint density at radius 2 is 1.79 bits per heavy atom. The zero-order chi connectivity index (χ0) is 17.5. The van der Waals surface area contributed by atoms with Crippen molar-refractivity contribution in [3.05, 3.63) is 47.0 Å². The Balaban J connectivity index is 1.94. The van der Waals surface area contributed by atoms with Crippen LogP contribution in [-0.4, -0.2) is 31.5 Å². The van der Waals surface area contributed by atoms with Crippen LogP contribution in [0.15, 0.2) is 24.3 Å². The van der Waals surface area contributed by atoms with Gasteiger partial charge in [0.15, 0.2) is 5.82 Å². The van der Waals surface area contributed by atoms with Crippen molar-refractivity contribution in [2.45, 2.75) is 45.6 Å². The molecule has 1 atom stereocenters. The number of carbonyl (C=O) groups excluding carboxylic acids is 2. The molecule has 1 saturated heterocycles. The van der Waals surface area contributed by atoms with Crippen LogP contribution in [0.5, 0.6) is 0 Å². The molecule has 0 bridgehead atoms. The zero-order valence-electron chi connectivity index (χ0n) is 14.5. The van der Waals surface area contributed by atoms with Gasteiger partial charge >= 0.3 is 0 Å². The van der Waals surface area contributed by atoms with Crippen LogP contribution in [0.4, 0.5) is 0 Å². The summed E-state index contributed by atoms with van der Waals surface area (Å²) >= 11 is 0. The first-order valence-electron chi connectivity index (χ1n) is 8.16. The second kappa shape index (κ2) is 5.85. The third-order valence-corrected chi connectivity index (χ3v) is 5.10. The molecule has 1 fully saturated rings. The standard InChI is InChI=1S/C18H22N4O2/c1-5-18(14-8-6-12(2)7-9-14)10-16(23)22(17(18)24)11-15-20-19-13(3)21(15)4/h6-9H,5,10-11H2,1-4H3/t18-/m0/s1. The van der Waals surface area contributed by atoms with Gasteiger partial charge < -0.3 is 4.57 Å². The molecule has 0 radical (unpaired) electrons. The monoisotopic (exact) mass is 326 g/mol. The first kappa shape index (κ1) is 16.4. The van der Waals surface area contributed by atoms with E-state index < -0.39 is 5.41 Å². The van der Waals surface area contributed by atoms with Gasteiger partial charge in [-0.2, -0.15) is 0 Å². The predicted octanol–water partition coefficient (Wildman–Crippen LogP) is 2.04. The quantitative estimate of drug-likeness (QED) is 0.806. The Morgan fingerprint density at radius 3 is 2.33 bits per heavy atom. The van der Waals surface area contributed by atoms with Crippen molar-refractivity contribution in [2.75, 3.05) is 0 Å². The van der Waals surface area contributed by atoms with Gasteiger partial charge in [0.2, 0.25) is 11.8 Å². The number of rotatable bonds is 4. The highest BCUT2D eigenvalue weighted by Gasteiger charge is 2.51. The summed E-state index contributed by atoms with van der Waals surface area (Å²) in [5.74, 6) is 1.08. The van der Waals surface area contributed by atoms with E-state index in [1.165, 1.54) is 4.90 Å². The lowest BCUT2D eigenvalue weighted by Gasteiger charge is -2.26. The van der Waals surface area contributed by atoms with E-state index in [1.807, 2.05) is 52.1 Å². The van der Waals surface area contributed by atoms with Crippen LogP contribution in [0.25, 0.3) is 0 Å². The molecule has 0 N–H and O–H groups in total. The fourth-order valence-electron chi connectivity index (χ4n) is 3.27. The molecule has 2 heterocycles. The van der Waals surface area contributed by atoms with Crippen molar-refractivity contribution in [2.24, 2.45) is 7.05 Å². The van der Waals surface area contributed by atoms with Gasteiger partial charge in [-0.15, -0.1) is 10.2 Å². The number of benzene rings is 1. The lowest BCUT2D eigenvalue weighted by molar-refractivity contribution is -0.140. The Labute approximate surface area is 141 Å². The Hall–Kier alpha value is -2.50. The molecule has 0 saturated carbocycles. The molecule has 2 aromatic rings. The van der Waals surface area contributed by atoms with Crippen LogP contribution in [0, 0.1) is 13.8 Å². The molecule has 0 unspecified atom stereocenters. The van der Waals surface area contributed by atoms with E-state index in [0.29, 0.717) is 12.2 Å². The summed E-state index contributed by atoms with van der Waals surface area (Å²) in [6.45, 7) is 5.98. The molecule has 2 amide bonds. The fourth-order valence-corrected chi connectivity index (χ4v) is 3.27. The van der Waals surface area contributed by atoms with Crippen molar-refractivity contribution in [3.63, 3.8) is 0 Å². The SMILES string of the molecule is CC[C@@]1(c2ccc(C)cc2)CC(=O)N(Cc2nnc(C)n2C)C1=O. The minimum atomic E-state index is -0.765. The highest BCUT2D eigenvalue weighted by atomic mass is 16.2. The number of imide groups is 1. The molecular weight excluding hydrogens is 304 g/mol. The lowest BCUT2D eigenvalue weighted by atomic mass is 9.76. The van der Waals surface area contributed by atoms with E-state index >= 15 is 0 Å². The van der Waals surface area contributed by atoms with Crippen LogP contribution < -0.4 is 0 Å². The van der Waals surface area contributed by atoms with Crippen LogP contribution >= 0.6 is 0 Å². The summed E-state index contributed by atoms with van der Waals surface area (Å²) in [6.07, 6.45) is 0.803. The first-order chi connectivity index (χ1) is 11.4. The minimum Gasteiger partial charge on any atom is -0.317 e. The average molecular weight is 326 g/mol. The van der Waals surface area contributed by atoms with E-state index in [9.17, 15) is 9.59 Å². The molecule has 1 aliphatic rings. The van der Waals surface area contributed by atoms with Gasteiger partial charge in [0.25, 0.3) is 0 Å². The summed E-state index contributed by atoms with van der Waals surface area (Å²) in [5, 5.41) is 8.07. The molecule has 3 rings (SSSR count). The van der Waals surface area contributed by atoms with Crippen LogP contribution in [-0.2, 0) is 28.6 Å². The highest BCUT2D eigenvalue weighted by molar-refractivity contribution is 6.08. The van der Waals surface area contributed by atoms with Crippen molar-refractivity contribution in [3.8, 4) is 0 Å². The van der Waals surface area contributed by atoms with Gasteiger partial charge in [-0.05, 0) is 25.8 Å². The van der Waals surface area contributed by atoms with Gasteiger partial charge in [-0.25, -0.2) is 0 Å². The molecule has 1 aromatic carbocycles. The van der Waals surface area contributed by atoms with Crippen LogP contribution in [0.2, 0.25) is 0 Å². The third-order valence-electron chi connectivity index (χ3n) is 5.10. The summed E-state index contributed by atoms with van der Waals surface area (Å²) in [4.78, 5) is 27.0. The molecule has 0 aliphatic carbocycles. The fraction of sp³-hybridized carbons (Fsp3) is 0.444. The Morgan fingerprint density at radius 1 is 1.12 bits per heavy atom. The number of hydrogen-bond acceptors (Lipinski definition) is 4. The Kier molecular flexibility index (Phi) is 3.99. The molecule has 1 aliphatic heterocycles. The second-order valence-electron chi connectivity index (χ2n) is 6.49. The smallest absolute Gasteiger partial charge is 0.240 e. The van der Waals surface area contributed by atoms with E-state index in [1.54, 1.807) is 4.57 Å². The topological polar surface area (TPSA) is 68.1 Å². The minimum absolute atomic E-state index is 0.139. The highest BCUT2D eigenvalue weighted by Crippen LogP contribution is 2.40. The molecule has 6 heteroatoms. The zero-order valence-corrected chi connectivity index (χ0v) is 14.5. The van der Waals surface area contributed by atoms with E-state index in [2.05, 4.69) is 10.2 Å². The summed E-state index contributed by atoms with van der Waals surface area (Å²) in [6, 6.07) is 7.89. The van der Waals surface area contributed by atoms with E-state index in [4.69, 9.17) is 0 Å². The maximum Gasteiger partial charge on any atom is 0.240 e. The number of likely N-dealkylation sites (tertiary alicyclic amines) is 1. The first-order valence-corrected chi connectivity index (χ1v) is 8.16. The normalized spacial score (nSPS) is 20.9. The van der Waals surface area contributed by atoms with Crippen molar-refractivity contribution >= 4 is 11.8 Å². The maximum absolute atomic E-state index is 13.1. The third kappa shape index (κ3) is 2.42. The van der Waals surface area contributed by atoms with Crippen molar-refractivity contribution < 1.29 is 9.59 Å². The summed E-state index contributed by atoms with van der Waals surface area (Å²) in [5.41, 5.74) is 1.28. The van der Waals surface area contributed by atoms with Crippen molar-refractivity contribution in [1.82, 2.24) is 19.7 Å². The van der Waals surface area contributed by atoms with Crippen molar-refractivity contribution in [1.29, 1.82) is 0 Å². The van der Waals surface area contributed by atoms with Crippen LogP contribution in [0.3, 0.4) is 0 Å². The molecular formula is C18H22N4O2. The maximum atomic E-state index is 13.1. The number of carbonyl (C=O) groups is 2. The number of nitrogens with zero attached hydrogens (tertiary/aromatic N) is 4. The number of amides is 2. The average Bonchev–Trinajstić information content (AvgIpc) is 3.01. The number of hydrogen-bond donors (Lipinski definition) is 0. The second-order valence-corrected chi connectivity index (χ2v) is 6.49. The molecule has 0 spiro atoms. The number of aromatic nitrogens is 3. The molecule has 6 nitrogen and oxygen atoms in total. The van der Waals surface area contributed by atoms with Gasteiger partial charge in [0.05, 0.1) is 12.0 Å². The summed E-state index contributed by atoms with van der Waals surface area (Å²) < 4.78 is 1.80. The molecule has 1 aromatic heterocycles. The lowest BCUT2D eigenvalue weighted by Crippen LogP contribution is -2.38. The van der Waals surface area contributed by atoms with Crippen LogP contribution in [0.1, 0.15) is 42.5 Å². The largest absolute Gasteiger partial charge is 0.317 e. The van der Waals surface area contributed by atoms with Gasteiger partial charge in [0.1, 0.15) is 5.82 Å². The summed E-state index contributed by atoms with van der Waals surface area (Å²) in [7, 11) is 1.84. The van der Waals surface area contributed by atoms with E-state index in [-0.39, 0.29) is 24.8 Å².